The molecular formula is C21H20ClN3O3S. The minimum atomic E-state index is -3.35. The lowest BCUT2D eigenvalue weighted by atomic mass is 10.1. The number of aromatic nitrogens is 1. The summed E-state index contributed by atoms with van der Waals surface area (Å²) in [6.45, 7) is 1.58. The van der Waals surface area contributed by atoms with Gasteiger partial charge in [0.2, 0.25) is 10.0 Å². The van der Waals surface area contributed by atoms with Crippen molar-refractivity contribution in [2.75, 3.05) is 22.4 Å². The first-order valence-electron chi connectivity index (χ1n) is 8.91. The molecule has 1 heterocycles. The van der Waals surface area contributed by atoms with E-state index in [1.807, 2.05) is 18.2 Å². The Balaban J connectivity index is 1.79. The van der Waals surface area contributed by atoms with Crippen molar-refractivity contribution in [1.82, 2.24) is 4.98 Å². The van der Waals surface area contributed by atoms with Crippen molar-refractivity contribution in [3.05, 3.63) is 77.4 Å². The fourth-order valence-corrected chi connectivity index (χ4v) is 3.75. The third-order valence-corrected chi connectivity index (χ3v) is 6.54. The van der Waals surface area contributed by atoms with E-state index in [1.54, 1.807) is 55.6 Å². The van der Waals surface area contributed by atoms with Gasteiger partial charge in [0.15, 0.2) is 0 Å². The lowest BCUT2D eigenvalue weighted by molar-refractivity contribution is 0.102. The highest BCUT2D eigenvalue weighted by Gasteiger charge is 2.16. The number of hydrogen-bond acceptors (Lipinski definition) is 4. The summed E-state index contributed by atoms with van der Waals surface area (Å²) in [5, 5.41) is 3.36. The number of amides is 1. The predicted molar refractivity (Wildman–Crippen MR) is 117 cm³/mol. The van der Waals surface area contributed by atoms with Gasteiger partial charge in [-0.3, -0.25) is 14.1 Å². The quantitative estimate of drug-likeness (QED) is 0.628. The number of carbonyl (C=O) groups is 1. The molecule has 0 unspecified atom stereocenters. The molecule has 3 aromatic rings. The average Bonchev–Trinajstić information content (AvgIpc) is 2.75. The molecule has 1 amide bonds. The highest BCUT2D eigenvalue weighted by Crippen LogP contribution is 2.29. The van der Waals surface area contributed by atoms with Gasteiger partial charge in [-0.15, -0.1) is 0 Å². The number of benzene rings is 2. The molecule has 0 saturated carbocycles. The zero-order chi connectivity index (χ0) is 21.0. The standard InChI is InChI=1S/C21H20ClN3O3S/c1-3-29(27,28)25(2)17-10-7-15(8-11-17)21(26)24-16-9-12-19(22)18(14-16)20-6-4-5-13-23-20/h4-14H,3H2,1-2H3,(H,24,26). The number of rotatable bonds is 6. The lowest BCUT2D eigenvalue weighted by Gasteiger charge is -2.18. The number of nitrogens with zero attached hydrogens (tertiary/aromatic N) is 2. The van der Waals surface area contributed by atoms with Crippen LogP contribution < -0.4 is 9.62 Å². The van der Waals surface area contributed by atoms with Crippen molar-refractivity contribution < 1.29 is 13.2 Å². The third kappa shape index (κ3) is 4.75. The summed E-state index contributed by atoms with van der Waals surface area (Å²) in [5.41, 5.74) is 2.90. The smallest absolute Gasteiger partial charge is 0.255 e. The number of hydrogen-bond donors (Lipinski definition) is 1. The summed E-state index contributed by atoms with van der Waals surface area (Å²) in [7, 11) is -1.87. The van der Waals surface area contributed by atoms with E-state index in [2.05, 4.69) is 10.3 Å². The Morgan fingerprint density at radius 1 is 1.10 bits per heavy atom. The van der Waals surface area contributed by atoms with Gasteiger partial charge in [-0.05, 0) is 61.5 Å². The molecule has 0 atom stereocenters. The maximum absolute atomic E-state index is 12.6. The van der Waals surface area contributed by atoms with Crippen LogP contribution in [-0.2, 0) is 10.0 Å². The molecule has 1 N–H and O–H groups in total. The van der Waals surface area contributed by atoms with Crippen LogP contribution in [0.4, 0.5) is 11.4 Å². The molecular weight excluding hydrogens is 410 g/mol. The molecule has 0 radical (unpaired) electrons. The summed E-state index contributed by atoms with van der Waals surface area (Å²) in [6.07, 6.45) is 1.67. The first-order valence-corrected chi connectivity index (χ1v) is 10.9. The molecule has 0 fully saturated rings. The summed E-state index contributed by atoms with van der Waals surface area (Å²) in [5.74, 6) is -0.312. The Hall–Kier alpha value is -2.90. The van der Waals surface area contributed by atoms with Gasteiger partial charge in [0.1, 0.15) is 0 Å². The van der Waals surface area contributed by atoms with E-state index in [0.29, 0.717) is 33.2 Å². The first kappa shape index (κ1) is 20.8. The monoisotopic (exact) mass is 429 g/mol. The number of pyridine rings is 1. The zero-order valence-electron chi connectivity index (χ0n) is 16.0. The normalized spacial score (nSPS) is 11.1. The SMILES string of the molecule is CCS(=O)(=O)N(C)c1ccc(C(=O)Nc2ccc(Cl)c(-c3ccccn3)c2)cc1. The highest BCUT2D eigenvalue weighted by molar-refractivity contribution is 7.92. The van der Waals surface area contributed by atoms with Crippen molar-refractivity contribution >= 4 is 38.9 Å². The predicted octanol–water partition coefficient (Wildman–Crippen LogP) is 4.44. The number of halogens is 1. The molecule has 29 heavy (non-hydrogen) atoms. The van der Waals surface area contributed by atoms with Gasteiger partial charge in [-0.2, -0.15) is 0 Å². The molecule has 6 nitrogen and oxygen atoms in total. The Kier molecular flexibility index (Phi) is 6.20. The van der Waals surface area contributed by atoms with Gasteiger partial charge in [-0.1, -0.05) is 17.7 Å². The van der Waals surface area contributed by atoms with Crippen molar-refractivity contribution in [2.45, 2.75) is 6.92 Å². The van der Waals surface area contributed by atoms with Gasteiger partial charge >= 0.3 is 0 Å². The Labute approximate surface area is 175 Å². The molecule has 0 aliphatic carbocycles. The number of nitrogens with one attached hydrogen (secondary N) is 1. The molecule has 8 heteroatoms. The number of anilines is 2. The molecule has 2 aromatic carbocycles. The van der Waals surface area contributed by atoms with Crippen LogP contribution in [0.3, 0.4) is 0 Å². The summed E-state index contributed by atoms with van der Waals surface area (Å²) < 4.78 is 25.1. The van der Waals surface area contributed by atoms with E-state index in [0.717, 1.165) is 0 Å². The van der Waals surface area contributed by atoms with Gasteiger partial charge in [0.05, 0.1) is 22.2 Å². The molecule has 0 aliphatic rings. The molecule has 1 aromatic heterocycles. The fraction of sp³-hybridized carbons (Fsp3) is 0.143. The van der Waals surface area contributed by atoms with E-state index in [1.165, 1.54) is 11.4 Å². The van der Waals surface area contributed by atoms with Crippen molar-refractivity contribution in [1.29, 1.82) is 0 Å². The topological polar surface area (TPSA) is 79.4 Å². The average molecular weight is 430 g/mol. The van der Waals surface area contributed by atoms with E-state index >= 15 is 0 Å². The summed E-state index contributed by atoms with van der Waals surface area (Å²) in [6, 6.07) is 17.1. The van der Waals surface area contributed by atoms with Gasteiger partial charge in [0.25, 0.3) is 5.91 Å². The highest BCUT2D eigenvalue weighted by atomic mass is 35.5. The van der Waals surface area contributed by atoms with Crippen LogP contribution in [0.2, 0.25) is 5.02 Å². The second-order valence-corrected chi connectivity index (χ2v) is 8.97. The van der Waals surface area contributed by atoms with E-state index in [9.17, 15) is 13.2 Å². The zero-order valence-corrected chi connectivity index (χ0v) is 17.5. The van der Waals surface area contributed by atoms with Crippen molar-refractivity contribution in [2.24, 2.45) is 0 Å². The van der Waals surface area contributed by atoms with Crippen LogP contribution in [0.5, 0.6) is 0 Å². The largest absolute Gasteiger partial charge is 0.322 e. The second kappa shape index (κ2) is 8.63. The maximum Gasteiger partial charge on any atom is 0.255 e. The number of sulfonamides is 1. The first-order chi connectivity index (χ1) is 13.8. The molecule has 0 spiro atoms. The second-order valence-electron chi connectivity index (χ2n) is 6.28. The number of carbonyl (C=O) groups excluding carboxylic acids is 1. The van der Waals surface area contributed by atoms with Crippen LogP contribution in [0.1, 0.15) is 17.3 Å². The molecule has 3 rings (SSSR count). The minimum Gasteiger partial charge on any atom is -0.322 e. The van der Waals surface area contributed by atoms with Crippen LogP contribution >= 0.6 is 11.6 Å². The Morgan fingerprint density at radius 3 is 2.45 bits per heavy atom. The van der Waals surface area contributed by atoms with Crippen LogP contribution in [0, 0.1) is 0 Å². The third-order valence-electron chi connectivity index (χ3n) is 4.44. The van der Waals surface area contributed by atoms with Gasteiger partial charge < -0.3 is 5.32 Å². The maximum atomic E-state index is 12.6. The van der Waals surface area contributed by atoms with Crippen LogP contribution in [0.25, 0.3) is 11.3 Å². The van der Waals surface area contributed by atoms with Crippen molar-refractivity contribution in [3.8, 4) is 11.3 Å². The van der Waals surface area contributed by atoms with Crippen LogP contribution in [0.15, 0.2) is 66.9 Å². The Bertz CT molecular complexity index is 1120. The van der Waals surface area contributed by atoms with E-state index in [4.69, 9.17) is 11.6 Å². The van der Waals surface area contributed by atoms with E-state index < -0.39 is 10.0 Å². The van der Waals surface area contributed by atoms with E-state index in [-0.39, 0.29) is 11.7 Å². The van der Waals surface area contributed by atoms with Gasteiger partial charge in [-0.25, -0.2) is 8.42 Å². The molecule has 0 bridgehead atoms. The lowest BCUT2D eigenvalue weighted by Crippen LogP contribution is -2.28. The minimum absolute atomic E-state index is 0.000902. The Morgan fingerprint density at radius 2 is 1.83 bits per heavy atom. The van der Waals surface area contributed by atoms with Gasteiger partial charge in [0, 0.05) is 30.1 Å². The molecule has 0 saturated heterocycles. The molecule has 0 aliphatic heterocycles. The summed E-state index contributed by atoms with van der Waals surface area (Å²) in [4.78, 5) is 16.9. The molecule has 150 valence electrons. The fourth-order valence-electron chi connectivity index (χ4n) is 2.70. The van der Waals surface area contributed by atoms with Crippen LogP contribution in [-0.4, -0.2) is 32.1 Å². The summed E-state index contributed by atoms with van der Waals surface area (Å²) >= 11 is 6.27. The van der Waals surface area contributed by atoms with Crippen molar-refractivity contribution in [3.63, 3.8) is 0 Å².